The molecule has 4 rings (SSSR count). The number of amides is 2. The summed E-state index contributed by atoms with van der Waals surface area (Å²) in [6.45, 7) is 13.7. The summed E-state index contributed by atoms with van der Waals surface area (Å²) in [6.07, 6.45) is 0.0977. The van der Waals surface area contributed by atoms with E-state index in [0.29, 0.717) is 29.1 Å². The second-order valence-corrected chi connectivity index (χ2v) is 9.52. The summed E-state index contributed by atoms with van der Waals surface area (Å²) < 4.78 is 5.25. The fourth-order valence-corrected chi connectivity index (χ4v) is 4.25. The molecular weight excluding hydrogens is 640 g/mol. The maximum atomic E-state index is 13.1. The molecular formula is C43H32N2O6. The summed E-state index contributed by atoms with van der Waals surface area (Å²) in [6, 6.07) is 21.3. The first kappa shape index (κ1) is 41.3. The van der Waals surface area contributed by atoms with Crippen molar-refractivity contribution in [3.63, 3.8) is 0 Å². The Bertz CT molecular complexity index is 2140. The van der Waals surface area contributed by atoms with Crippen molar-refractivity contribution in [3.8, 4) is 5.75 Å². The maximum Gasteiger partial charge on any atom is 0.255 e. The fourth-order valence-electron chi connectivity index (χ4n) is 4.25. The molecule has 8 nitrogen and oxygen atoms in total. The van der Waals surface area contributed by atoms with Crippen molar-refractivity contribution < 1.29 is 28.7 Å². The van der Waals surface area contributed by atoms with Crippen molar-refractivity contribution in [3.05, 3.63) is 184 Å². The Morgan fingerprint density at radius 1 is 0.784 bits per heavy atom. The van der Waals surface area contributed by atoms with Crippen LogP contribution in [0.25, 0.3) is 0 Å². The van der Waals surface area contributed by atoms with Gasteiger partial charge in [-0.1, -0.05) is 47.5 Å². The summed E-state index contributed by atoms with van der Waals surface area (Å²) in [4.78, 5) is 56.6. The summed E-state index contributed by atoms with van der Waals surface area (Å²) in [5.41, 5.74) is 31.7. The normalized spacial score (nSPS) is 9.69. The van der Waals surface area contributed by atoms with Crippen molar-refractivity contribution in [1.82, 2.24) is 4.90 Å². The van der Waals surface area contributed by atoms with Crippen LogP contribution in [0.1, 0.15) is 51.2 Å². The van der Waals surface area contributed by atoms with E-state index in [0.717, 1.165) is 11.1 Å². The van der Waals surface area contributed by atoms with Gasteiger partial charge in [-0.3, -0.25) is 14.4 Å². The molecule has 0 aromatic heterocycles. The number of carbonyl (C=O) groups excluding carboxylic acids is 5. The van der Waals surface area contributed by atoms with E-state index in [9.17, 15) is 19.2 Å². The zero-order valence-corrected chi connectivity index (χ0v) is 28.1. The lowest BCUT2D eigenvalue weighted by molar-refractivity contribution is -0.117. The highest BCUT2D eigenvalue weighted by Crippen LogP contribution is 2.34. The number of hydrogen-bond acceptors (Lipinski definition) is 6. The molecule has 2 amide bonds. The molecule has 1 N–H and O–H groups in total. The Morgan fingerprint density at radius 2 is 1.31 bits per heavy atom. The summed E-state index contributed by atoms with van der Waals surface area (Å²) in [5.74, 6) is 1.74. The summed E-state index contributed by atoms with van der Waals surface area (Å²) >= 11 is 0. The highest BCUT2D eigenvalue weighted by molar-refractivity contribution is 5.99. The van der Waals surface area contributed by atoms with Gasteiger partial charge in [-0.05, 0) is 120 Å². The number of ketones is 1. The predicted octanol–water partition coefficient (Wildman–Crippen LogP) is 7.11. The number of Topliss-reactive ketones (excluding diaryl/α,β-unsaturated/α-hetero) is 1. The van der Waals surface area contributed by atoms with Crippen molar-refractivity contribution in [1.29, 1.82) is 0 Å². The quantitative estimate of drug-likeness (QED) is 0.163. The van der Waals surface area contributed by atoms with E-state index in [4.69, 9.17) is 9.53 Å². The average molecular weight is 673 g/mol. The molecule has 3 aromatic carbocycles. The number of methoxy groups -OCH3 is 1. The van der Waals surface area contributed by atoms with Crippen LogP contribution in [0, 0.1) is 0 Å². The van der Waals surface area contributed by atoms with Gasteiger partial charge in [0.2, 0.25) is 5.91 Å². The maximum absolute atomic E-state index is 13.1. The number of carbonyl (C=O) groups is 4. The first-order chi connectivity index (χ1) is 24.8. The lowest BCUT2D eigenvalue weighted by Crippen LogP contribution is -2.32. The molecule has 0 bridgehead atoms. The molecule has 51 heavy (non-hydrogen) atoms. The van der Waals surface area contributed by atoms with Gasteiger partial charge in [0.25, 0.3) is 5.91 Å². The number of nitrogens with one attached hydrogen (secondary N) is 1. The van der Waals surface area contributed by atoms with Crippen molar-refractivity contribution >= 4 is 36.0 Å². The molecule has 8 heteroatoms. The Morgan fingerprint density at radius 3 is 1.80 bits per heavy atom. The van der Waals surface area contributed by atoms with Gasteiger partial charge >= 0.3 is 0 Å². The molecule has 0 saturated heterocycles. The molecule has 0 aliphatic carbocycles. The van der Waals surface area contributed by atoms with Crippen LogP contribution in [-0.2, 0) is 20.9 Å². The number of nitrogens with zero attached hydrogens (tertiary/aromatic N) is 1. The Kier molecular flexibility index (Phi) is 19.8. The third-order valence-corrected chi connectivity index (χ3v) is 6.43. The van der Waals surface area contributed by atoms with Gasteiger partial charge in [-0.25, -0.2) is 4.79 Å². The molecule has 0 radical (unpaired) electrons. The number of rotatable bonds is 7. The molecule has 1 heterocycles. The van der Waals surface area contributed by atoms with Crippen LogP contribution in [0.4, 0.5) is 5.69 Å². The first-order valence-electron chi connectivity index (χ1n) is 14.7. The average Bonchev–Trinajstić information content (AvgIpc) is 3.49. The van der Waals surface area contributed by atoms with Gasteiger partial charge < -0.3 is 19.7 Å². The van der Waals surface area contributed by atoms with Gasteiger partial charge in [0.1, 0.15) is 12.5 Å². The molecule has 3 aromatic rings. The number of fused-ring (bicyclic) bond motifs is 1. The largest absolute Gasteiger partial charge is 0.497 e. The molecule has 0 fully saturated rings. The minimum atomic E-state index is -0.433. The van der Waals surface area contributed by atoms with Gasteiger partial charge in [0, 0.05) is 34.8 Å². The molecule has 1 aliphatic heterocycles. The highest BCUT2D eigenvalue weighted by atomic mass is 16.5. The van der Waals surface area contributed by atoms with E-state index < -0.39 is 6.04 Å². The first-order valence-corrected chi connectivity index (χ1v) is 14.7. The lowest BCUT2D eigenvalue weighted by atomic mass is 10.0. The van der Waals surface area contributed by atoms with E-state index in [1.54, 1.807) is 36.3 Å². The Balaban J connectivity index is 0.000000565. The van der Waals surface area contributed by atoms with Crippen LogP contribution in [0.2, 0.25) is 0 Å². The molecule has 250 valence electrons. The Hall–Kier alpha value is -7.71. The number of ether oxygens (including phenoxy) is 1. The van der Waals surface area contributed by atoms with Crippen LogP contribution < -0.4 is 10.1 Å². The number of anilines is 1. The monoisotopic (exact) mass is 672 g/mol. The standard InChI is InChI=1S/C26H24N2O4.C9H4.C7H2O.CH2O/c1-17(29)18-7-11-21(12-8-18)27-25(30)15-24(19-9-13-22(32-2)14-10-19)28-16-20-5-3-4-6-23(20)26(28)31;1-3-5-7-9-8-6-4-2;1-2-3-4-5-6-7-8;1-2/h3-14,24H,15-16H2,1-2H3,(H,27,30);1-2H2;1H2;1H2. The van der Waals surface area contributed by atoms with Crippen LogP contribution >= 0.6 is 0 Å². The van der Waals surface area contributed by atoms with E-state index in [1.165, 1.54) is 12.9 Å². The third kappa shape index (κ3) is 14.7. The van der Waals surface area contributed by atoms with Crippen LogP contribution in [0.3, 0.4) is 0 Å². The van der Waals surface area contributed by atoms with Crippen molar-refractivity contribution in [2.75, 3.05) is 12.4 Å². The molecule has 0 spiro atoms. The molecule has 1 aliphatic rings. The van der Waals surface area contributed by atoms with E-state index in [2.05, 4.69) is 88.1 Å². The van der Waals surface area contributed by atoms with Gasteiger partial charge in [0.15, 0.2) is 11.7 Å². The topological polar surface area (TPSA) is 110 Å². The van der Waals surface area contributed by atoms with E-state index >= 15 is 0 Å². The minimum Gasteiger partial charge on any atom is -0.497 e. The SMILES string of the molecule is C=C=C=C=C=C=C=C=C.C=C=C=C=C=C=C=O.C=O.COc1ccc(C(CC(=O)Nc2ccc(C(C)=O)cc2)N2Cc3ccccc3C2=O)cc1. The van der Waals surface area contributed by atoms with Crippen molar-refractivity contribution in [2.45, 2.75) is 25.9 Å². The number of hydrogen-bond donors (Lipinski definition) is 1. The van der Waals surface area contributed by atoms with Crippen LogP contribution in [0.15, 0.2) is 161 Å². The predicted molar refractivity (Wildman–Crippen MR) is 194 cm³/mol. The zero-order chi connectivity index (χ0) is 37.9. The second-order valence-electron chi connectivity index (χ2n) is 9.52. The second kappa shape index (κ2) is 24.5. The zero-order valence-electron chi connectivity index (χ0n) is 28.1. The molecule has 1 atom stereocenters. The smallest absolute Gasteiger partial charge is 0.255 e. The van der Waals surface area contributed by atoms with Crippen LogP contribution in [-0.4, -0.2) is 42.3 Å². The highest BCUT2D eigenvalue weighted by Gasteiger charge is 2.34. The summed E-state index contributed by atoms with van der Waals surface area (Å²) in [7, 11) is 1.60. The fraction of sp³-hybridized carbons (Fsp3) is 0.116. The molecule has 0 saturated carbocycles. The van der Waals surface area contributed by atoms with Gasteiger partial charge in [-0.15, -0.1) is 0 Å². The van der Waals surface area contributed by atoms with Crippen LogP contribution in [0.5, 0.6) is 5.75 Å². The van der Waals surface area contributed by atoms with E-state index in [-0.39, 0.29) is 24.0 Å². The van der Waals surface area contributed by atoms with Crippen molar-refractivity contribution in [2.24, 2.45) is 0 Å². The Labute approximate surface area is 296 Å². The third-order valence-electron chi connectivity index (χ3n) is 6.43. The molecule has 1 unspecified atom stereocenters. The van der Waals surface area contributed by atoms with Gasteiger partial charge in [-0.2, -0.15) is 0 Å². The number of benzene rings is 3. The lowest BCUT2D eigenvalue weighted by Gasteiger charge is -2.28. The summed E-state index contributed by atoms with van der Waals surface area (Å²) in [5, 5.41) is 2.88. The minimum absolute atomic E-state index is 0.0328. The van der Waals surface area contributed by atoms with Gasteiger partial charge in [0.05, 0.1) is 19.6 Å². The van der Waals surface area contributed by atoms with E-state index in [1.807, 2.05) is 61.1 Å².